The number of halogens is 2. The highest BCUT2D eigenvalue weighted by Gasteiger charge is 2.30. The number of nitrogens with zero attached hydrogens (tertiary/aromatic N) is 5. The Morgan fingerprint density at radius 3 is 2.74 bits per heavy atom. The van der Waals surface area contributed by atoms with Gasteiger partial charge in [-0.15, -0.1) is 0 Å². The van der Waals surface area contributed by atoms with Crippen molar-refractivity contribution in [3.8, 4) is 11.7 Å². The van der Waals surface area contributed by atoms with E-state index < -0.39 is 6.43 Å². The van der Waals surface area contributed by atoms with Gasteiger partial charge in [-0.3, -0.25) is 9.36 Å². The van der Waals surface area contributed by atoms with Crippen LogP contribution in [0.1, 0.15) is 50.8 Å². The molecule has 2 aromatic heterocycles. The van der Waals surface area contributed by atoms with Gasteiger partial charge < -0.3 is 24.4 Å². The number of morpholine rings is 1. The molecule has 10 nitrogen and oxygen atoms in total. The standard InChI is InChI=1S/C27H32F2N6O4/c28-25(29)26-31-20-5-1-2-6-21(20)35(26)22-16-24(33-27(32-22)34-9-12-37-13-10-34)39-19-8-7-17(14-19)30-23(36)15-18-4-3-11-38-18/h1-2,5-6,16-19,25H,3-4,7-15H2,(H,30,36)/t17-,18?,19-/m0/s1. The first-order valence-electron chi connectivity index (χ1n) is 13.6. The van der Waals surface area contributed by atoms with E-state index in [1.807, 2.05) is 4.90 Å². The Labute approximate surface area is 224 Å². The molecule has 3 aromatic rings. The lowest BCUT2D eigenvalue weighted by molar-refractivity contribution is -0.123. The second-order valence-electron chi connectivity index (χ2n) is 10.2. The zero-order valence-corrected chi connectivity index (χ0v) is 21.6. The van der Waals surface area contributed by atoms with Crippen molar-refractivity contribution in [1.82, 2.24) is 24.8 Å². The number of hydrogen-bond donors (Lipinski definition) is 1. The summed E-state index contributed by atoms with van der Waals surface area (Å²) in [7, 11) is 0. The Kier molecular flexibility index (Phi) is 7.55. The first-order chi connectivity index (χ1) is 19.0. The molecule has 1 amide bonds. The lowest BCUT2D eigenvalue weighted by Crippen LogP contribution is -2.37. The van der Waals surface area contributed by atoms with E-state index in [1.54, 1.807) is 30.3 Å². The van der Waals surface area contributed by atoms with E-state index in [4.69, 9.17) is 14.2 Å². The number of ether oxygens (including phenoxy) is 3. The first-order valence-corrected chi connectivity index (χ1v) is 13.6. The number of amides is 1. The van der Waals surface area contributed by atoms with Crippen molar-refractivity contribution in [2.75, 3.05) is 37.8 Å². The van der Waals surface area contributed by atoms with Crippen molar-refractivity contribution >= 4 is 22.9 Å². The minimum absolute atomic E-state index is 0.00186. The number of hydrogen-bond acceptors (Lipinski definition) is 8. The fourth-order valence-corrected chi connectivity index (χ4v) is 5.56. The number of carbonyl (C=O) groups excluding carboxylic acids is 1. The molecule has 2 aliphatic heterocycles. The van der Waals surface area contributed by atoms with Crippen LogP contribution in [0.25, 0.3) is 16.9 Å². The van der Waals surface area contributed by atoms with Gasteiger partial charge in [0.2, 0.25) is 17.7 Å². The minimum atomic E-state index is -2.79. The second kappa shape index (κ2) is 11.4. The lowest BCUT2D eigenvalue weighted by Gasteiger charge is -2.27. The maximum absolute atomic E-state index is 14.1. The smallest absolute Gasteiger partial charge is 0.296 e. The molecule has 3 fully saturated rings. The van der Waals surface area contributed by atoms with E-state index in [0.29, 0.717) is 62.0 Å². The fourth-order valence-electron chi connectivity index (χ4n) is 5.56. The highest BCUT2D eigenvalue weighted by Crippen LogP contribution is 2.31. The summed E-state index contributed by atoms with van der Waals surface area (Å²) in [5.41, 5.74) is 0.986. The molecule has 1 aliphatic carbocycles. The molecule has 3 aliphatic rings. The number of rotatable bonds is 8. The maximum atomic E-state index is 14.1. The van der Waals surface area contributed by atoms with Gasteiger partial charge in [-0.2, -0.15) is 9.97 Å². The molecule has 0 radical (unpaired) electrons. The van der Waals surface area contributed by atoms with Crippen LogP contribution in [0.2, 0.25) is 0 Å². The van der Waals surface area contributed by atoms with E-state index in [0.717, 1.165) is 32.3 Å². The SMILES string of the molecule is O=C(CC1CCCO1)N[C@H]1CC[C@H](Oc2cc(-n3c(C(F)F)nc4ccccc43)nc(N3CCOCC3)n2)C1. The predicted octanol–water partition coefficient (Wildman–Crippen LogP) is 3.57. The average Bonchev–Trinajstić information content (AvgIpc) is 3.69. The molecule has 12 heteroatoms. The van der Waals surface area contributed by atoms with E-state index in [9.17, 15) is 13.6 Å². The number of aromatic nitrogens is 4. The maximum Gasteiger partial charge on any atom is 0.296 e. The number of imidazole rings is 1. The quantitative estimate of drug-likeness (QED) is 0.461. The molecule has 3 atom stereocenters. The first kappa shape index (κ1) is 25.9. The summed E-state index contributed by atoms with van der Waals surface area (Å²) in [6, 6.07) is 8.58. The van der Waals surface area contributed by atoms with Crippen LogP contribution in [0.5, 0.6) is 5.88 Å². The number of fused-ring (bicyclic) bond motifs is 1. The molecule has 0 spiro atoms. The van der Waals surface area contributed by atoms with Crippen LogP contribution in [-0.4, -0.2) is 76.6 Å². The van der Waals surface area contributed by atoms with Crippen molar-refractivity contribution in [3.63, 3.8) is 0 Å². The van der Waals surface area contributed by atoms with Gasteiger partial charge in [-0.05, 0) is 37.8 Å². The van der Waals surface area contributed by atoms with Gasteiger partial charge in [0.05, 0.1) is 36.8 Å². The van der Waals surface area contributed by atoms with E-state index >= 15 is 0 Å². The number of para-hydroxylation sites is 2. The number of benzene rings is 1. The van der Waals surface area contributed by atoms with Crippen molar-refractivity contribution in [2.24, 2.45) is 0 Å². The molecular formula is C27H32F2N6O4. The third kappa shape index (κ3) is 5.81. The van der Waals surface area contributed by atoms with Crippen LogP contribution in [0.15, 0.2) is 30.3 Å². The third-order valence-electron chi connectivity index (χ3n) is 7.46. The number of carbonyl (C=O) groups is 1. The molecule has 1 aromatic carbocycles. The van der Waals surface area contributed by atoms with Crippen LogP contribution in [0.3, 0.4) is 0 Å². The molecule has 39 heavy (non-hydrogen) atoms. The monoisotopic (exact) mass is 542 g/mol. The van der Waals surface area contributed by atoms with Gasteiger partial charge in [-0.25, -0.2) is 13.8 Å². The van der Waals surface area contributed by atoms with Crippen LogP contribution in [-0.2, 0) is 14.3 Å². The van der Waals surface area contributed by atoms with Gasteiger partial charge in [0.25, 0.3) is 6.43 Å². The Hall–Kier alpha value is -3.38. The van der Waals surface area contributed by atoms with Crippen molar-refractivity contribution in [3.05, 3.63) is 36.2 Å². The predicted molar refractivity (Wildman–Crippen MR) is 138 cm³/mol. The largest absolute Gasteiger partial charge is 0.474 e. The van der Waals surface area contributed by atoms with Crippen LogP contribution in [0.4, 0.5) is 14.7 Å². The van der Waals surface area contributed by atoms with Crippen LogP contribution in [0, 0.1) is 0 Å². The normalized spacial score (nSPS) is 23.6. The molecule has 4 heterocycles. The fraction of sp³-hybridized carbons (Fsp3) is 0.556. The molecule has 0 bridgehead atoms. The van der Waals surface area contributed by atoms with Crippen molar-refractivity contribution in [1.29, 1.82) is 0 Å². The molecule has 1 N–H and O–H groups in total. The summed E-state index contributed by atoms with van der Waals surface area (Å²) >= 11 is 0. The summed E-state index contributed by atoms with van der Waals surface area (Å²) in [6.45, 7) is 2.93. The Morgan fingerprint density at radius 2 is 1.95 bits per heavy atom. The van der Waals surface area contributed by atoms with Crippen LogP contribution >= 0.6 is 0 Å². The summed E-state index contributed by atoms with van der Waals surface area (Å²) in [4.78, 5) is 27.9. The summed E-state index contributed by atoms with van der Waals surface area (Å²) in [6.07, 6.45) is 1.51. The Balaban J connectivity index is 1.24. The number of nitrogens with one attached hydrogen (secondary N) is 1. The van der Waals surface area contributed by atoms with Gasteiger partial charge in [0, 0.05) is 38.2 Å². The molecule has 2 saturated heterocycles. The summed E-state index contributed by atoms with van der Waals surface area (Å²) in [5, 5.41) is 3.11. The van der Waals surface area contributed by atoms with Gasteiger partial charge >= 0.3 is 0 Å². The van der Waals surface area contributed by atoms with Crippen LogP contribution < -0.4 is 15.0 Å². The summed E-state index contributed by atoms with van der Waals surface area (Å²) < 4.78 is 46.9. The zero-order chi connectivity index (χ0) is 26.8. The molecule has 6 rings (SSSR count). The highest BCUT2D eigenvalue weighted by molar-refractivity contribution is 5.78. The van der Waals surface area contributed by atoms with Gasteiger partial charge in [0.15, 0.2) is 5.82 Å². The van der Waals surface area contributed by atoms with Crippen molar-refractivity contribution in [2.45, 2.75) is 63.2 Å². The minimum Gasteiger partial charge on any atom is -0.474 e. The van der Waals surface area contributed by atoms with E-state index in [2.05, 4.69) is 20.3 Å². The highest BCUT2D eigenvalue weighted by atomic mass is 19.3. The topological polar surface area (TPSA) is 104 Å². The zero-order valence-electron chi connectivity index (χ0n) is 21.6. The van der Waals surface area contributed by atoms with Crippen molar-refractivity contribution < 1.29 is 27.8 Å². The van der Waals surface area contributed by atoms with Gasteiger partial charge in [-0.1, -0.05) is 12.1 Å². The Morgan fingerprint density at radius 1 is 1.10 bits per heavy atom. The molecule has 208 valence electrons. The molecule has 1 unspecified atom stereocenters. The summed E-state index contributed by atoms with van der Waals surface area (Å²) in [5.74, 6) is 0.575. The average molecular weight is 543 g/mol. The van der Waals surface area contributed by atoms with Gasteiger partial charge in [0.1, 0.15) is 11.9 Å². The number of anilines is 1. The van der Waals surface area contributed by atoms with E-state index in [-0.39, 0.29) is 35.8 Å². The number of alkyl halides is 2. The second-order valence-corrected chi connectivity index (χ2v) is 10.2. The Bertz CT molecular complexity index is 1310. The molecular weight excluding hydrogens is 510 g/mol. The molecule has 1 saturated carbocycles. The van der Waals surface area contributed by atoms with E-state index in [1.165, 1.54) is 4.57 Å². The third-order valence-corrected chi connectivity index (χ3v) is 7.46. The lowest BCUT2D eigenvalue weighted by atomic mass is 10.1.